The number of hydrogen-bond donors (Lipinski definition) is 1. The molecule has 0 spiro atoms. The van der Waals surface area contributed by atoms with Crippen LogP contribution in [0.15, 0.2) is 53.4 Å². The molecule has 0 fully saturated rings. The zero-order chi connectivity index (χ0) is 20.9. The van der Waals surface area contributed by atoms with E-state index in [0.717, 1.165) is 4.31 Å². The number of hydrogen-bond acceptors (Lipinski definition) is 5. The van der Waals surface area contributed by atoms with Crippen molar-refractivity contribution in [2.45, 2.75) is 4.90 Å². The van der Waals surface area contributed by atoms with E-state index in [1.54, 1.807) is 38.4 Å². The number of nitrogens with one attached hydrogen (secondary N) is 1. The molecule has 0 saturated heterocycles. The van der Waals surface area contributed by atoms with Crippen molar-refractivity contribution in [3.8, 4) is 5.75 Å². The van der Waals surface area contributed by atoms with Crippen molar-refractivity contribution in [3.63, 3.8) is 0 Å². The van der Waals surface area contributed by atoms with Crippen LogP contribution >= 0.6 is 0 Å². The molecule has 0 aromatic heterocycles. The van der Waals surface area contributed by atoms with Crippen LogP contribution in [0.2, 0.25) is 0 Å². The average molecular weight is 405 g/mol. The minimum atomic E-state index is -3.81. The predicted octanol–water partition coefficient (Wildman–Crippen LogP) is 1.66. The lowest BCUT2D eigenvalue weighted by molar-refractivity contribution is -0.116. The molecule has 28 heavy (non-hydrogen) atoms. The molecule has 8 nitrogen and oxygen atoms in total. The Bertz CT molecular complexity index is 939. The van der Waals surface area contributed by atoms with Crippen LogP contribution in [-0.2, 0) is 14.8 Å². The number of sulfonamides is 1. The van der Waals surface area contributed by atoms with Gasteiger partial charge < -0.3 is 15.0 Å². The second-order valence-electron chi connectivity index (χ2n) is 6.26. The van der Waals surface area contributed by atoms with E-state index in [4.69, 9.17) is 4.74 Å². The Kier molecular flexibility index (Phi) is 6.76. The highest BCUT2D eigenvalue weighted by molar-refractivity contribution is 7.89. The van der Waals surface area contributed by atoms with Gasteiger partial charge in [-0.1, -0.05) is 0 Å². The third kappa shape index (κ3) is 5.08. The van der Waals surface area contributed by atoms with Crippen molar-refractivity contribution >= 4 is 27.5 Å². The topological polar surface area (TPSA) is 96.0 Å². The van der Waals surface area contributed by atoms with Crippen molar-refractivity contribution in [2.75, 3.05) is 40.1 Å². The average Bonchev–Trinajstić information content (AvgIpc) is 2.67. The van der Waals surface area contributed by atoms with E-state index in [9.17, 15) is 18.0 Å². The number of rotatable bonds is 7. The van der Waals surface area contributed by atoms with E-state index in [2.05, 4.69) is 5.32 Å². The SMILES string of the molecule is COc1ccc(S(=O)(=O)N(C)CC(=O)Nc2ccc(C(=O)N(C)C)cc2)cc1. The number of benzene rings is 2. The molecule has 0 bridgehead atoms. The number of methoxy groups -OCH3 is 1. The summed E-state index contributed by atoms with van der Waals surface area (Å²) in [6, 6.07) is 12.3. The minimum Gasteiger partial charge on any atom is -0.497 e. The first-order valence-corrected chi connectivity index (χ1v) is 9.81. The maximum atomic E-state index is 12.6. The lowest BCUT2D eigenvalue weighted by Crippen LogP contribution is -2.35. The van der Waals surface area contributed by atoms with Crippen LogP contribution in [0.5, 0.6) is 5.75 Å². The summed E-state index contributed by atoms with van der Waals surface area (Å²) >= 11 is 0. The molecule has 0 aliphatic heterocycles. The van der Waals surface area contributed by atoms with Gasteiger partial charge in [-0.3, -0.25) is 9.59 Å². The summed E-state index contributed by atoms with van der Waals surface area (Å²) in [5, 5.41) is 2.62. The molecule has 2 rings (SSSR count). The van der Waals surface area contributed by atoms with Crippen LogP contribution in [0, 0.1) is 0 Å². The van der Waals surface area contributed by atoms with E-state index < -0.39 is 15.9 Å². The minimum absolute atomic E-state index is 0.0650. The maximum absolute atomic E-state index is 12.6. The first-order valence-electron chi connectivity index (χ1n) is 8.37. The monoisotopic (exact) mass is 405 g/mol. The summed E-state index contributed by atoms with van der Waals surface area (Å²) in [5.41, 5.74) is 0.956. The van der Waals surface area contributed by atoms with Gasteiger partial charge in [-0.05, 0) is 48.5 Å². The molecule has 150 valence electrons. The number of likely N-dealkylation sites (N-methyl/N-ethyl adjacent to an activating group) is 1. The quantitative estimate of drug-likeness (QED) is 0.756. The summed E-state index contributed by atoms with van der Waals surface area (Å²) in [6.07, 6.45) is 0. The smallest absolute Gasteiger partial charge is 0.253 e. The van der Waals surface area contributed by atoms with Crippen LogP contribution in [0.4, 0.5) is 5.69 Å². The number of anilines is 1. The molecule has 2 amide bonds. The Morgan fingerprint density at radius 3 is 2.04 bits per heavy atom. The Balaban J connectivity index is 2.02. The number of nitrogens with zero attached hydrogens (tertiary/aromatic N) is 2. The standard InChI is InChI=1S/C19H23N3O5S/c1-21(2)19(24)14-5-7-15(8-6-14)20-18(23)13-22(3)28(25,26)17-11-9-16(27-4)10-12-17/h5-12H,13H2,1-4H3,(H,20,23). The van der Waals surface area contributed by atoms with E-state index in [-0.39, 0.29) is 17.3 Å². The summed E-state index contributed by atoms with van der Waals surface area (Å²) in [6.45, 7) is -0.354. The van der Waals surface area contributed by atoms with Crippen molar-refractivity contribution in [2.24, 2.45) is 0 Å². The second-order valence-corrected chi connectivity index (χ2v) is 8.31. The maximum Gasteiger partial charge on any atom is 0.253 e. The molecular weight excluding hydrogens is 382 g/mol. The number of ether oxygens (including phenoxy) is 1. The van der Waals surface area contributed by atoms with E-state index in [1.165, 1.54) is 43.3 Å². The molecule has 1 N–H and O–H groups in total. The van der Waals surface area contributed by atoms with Gasteiger partial charge in [-0.2, -0.15) is 4.31 Å². The predicted molar refractivity (Wildman–Crippen MR) is 106 cm³/mol. The van der Waals surface area contributed by atoms with Gasteiger partial charge >= 0.3 is 0 Å². The van der Waals surface area contributed by atoms with Gasteiger partial charge in [0.1, 0.15) is 5.75 Å². The Morgan fingerprint density at radius 2 is 1.54 bits per heavy atom. The molecule has 0 heterocycles. The van der Waals surface area contributed by atoms with Crippen LogP contribution in [0.3, 0.4) is 0 Å². The van der Waals surface area contributed by atoms with Gasteiger partial charge in [0.15, 0.2) is 0 Å². The van der Waals surface area contributed by atoms with E-state index in [0.29, 0.717) is 17.0 Å². The van der Waals surface area contributed by atoms with Crippen LogP contribution in [0.1, 0.15) is 10.4 Å². The zero-order valence-electron chi connectivity index (χ0n) is 16.2. The van der Waals surface area contributed by atoms with Gasteiger partial charge in [0.05, 0.1) is 18.6 Å². The Morgan fingerprint density at radius 1 is 0.964 bits per heavy atom. The third-order valence-corrected chi connectivity index (χ3v) is 5.77. The summed E-state index contributed by atoms with van der Waals surface area (Å²) in [5.74, 6) is -0.106. The summed E-state index contributed by atoms with van der Waals surface area (Å²) < 4.78 is 31.1. The first-order chi connectivity index (χ1) is 13.1. The van der Waals surface area contributed by atoms with Gasteiger partial charge in [-0.15, -0.1) is 0 Å². The molecule has 0 radical (unpaired) electrons. The zero-order valence-corrected chi connectivity index (χ0v) is 17.0. The van der Waals surface area contributed by atoms with E-state index in [1.807, 2.05) is 0 Å². The molecule has 0 aliphatic rings. The van der Waals surface area contributed by atoms with Gasteiger partial charge in [0.2, 0.25) is 15.9 Å². The van der Waals surface area contributed by atoms with Crippen molar-refractivity contribution in [1.82, 2.24) is 9.21 Å². The first kappa shape index (κ1) is 21.4. The third-order valence-electron chi connectivity index (χ3n) is 3.96. The molecule has 2 aromatic rings. The lowest BCUT2D eigenvalue weighted by atomic mass is 10.2. The van der Waals surface area contributed by atoms with Crippen molar-refractivity contribution in [3.05, 3.63) is 54.1 Å². The number of carbonyl (C=O) groups excluding carboxylic acids is 2. The van der Waals surface area contributed by atoms with E-state index >= 15 is 0 Å². The summed E-state index contributed by atoms with van der Waals surface area (Å²) in [7, 11) is 2.31. The van der Waals surface area contributed by atoms with Crippen molar-refractivity contribution in [1.29, 1.82) is 0 Å². The second kappa shape index (κ2) is 8.85. The fraction of sp³-hybridized carbons (Fsp3) is 0.263. The molecule has 2 aromatic carbocycles. The number of carbonyl (C=O) groups is 2. The highest BCUT2D eigenvalue weighted by Crippen LogP contribution is 2.18. The molecule has 0 saturated carbocycles. The van der Waals surface area contributed by atoms with Gasteiger partial charge in [0, 0.05) is 32.4 Å². The summed E-state index contributed by atoms with van der Waals surface area (Å²) in [4.78, 5) is 25.6. The Hall–Kier alpha value is -2.91. The normalized spacial score (nSPS) is 11.2. The largest absolute Gasteiger partial charge is 0.497 e. The van der Waals surface area contributed by atoms with Crippen molar-refractivity contribution < 1.29 is 22.7 Å². The Labute approximate surface area is 164 Å². The van der Waals surface area contributed by atoms with Gasteiger partial charge in [-0.25, -0.2) is 8.42 Å². The molecular formula is C19H23N3O5S. The molecule has 0 unspecified atom stereocenters. The highest BCUT2D eigenvalue weighted by atomic mass is 32.2. The van der Waals surface area contributed by atoms with Crippen LogP contribution in [-0.4, -0.2) is 64.2 Å². The molecule has 0 aliphatic carbocycles. The highest BCUT2D eigenvalue weighted by Gasteiger charge is 2.23. The molecule has 9 heteroatoms. The fourth-order valence-electron chi connectivity index (χ4n) is 2.37. The fourth-order valence-corrected chi connectivity index (χ4v) is 3.50. The van der Waals surface area contributed by atoms with Gasteiger partial charge in [0.25, 0.3) is 5.91 Å². The van der Waals surface area contributed by atoms with Crippen LogP contribution in [0.25, 0.3) is 0 Å². The number of amides is 2. The molecule has 0 atom stereocenters. The lowest BCUT2D eigenvalue weighted by Gasteiger charge is -2.17. The van der Waals surface area contributed by atoms with Crippen LogP contribution < -0.4 is 10.1 Å².